The number of halogens is 2. The molecule has 0 aliphatic heterocycles. The Kier molecular flexibility index (Phi) is 9.54. The van der Waals surface area contributed by atoms with Gasteiger partial charge in [0.1, 0.15) is 0 Å². The van der Waals surface area contributed by atoms with Crippen LogP contribution in [0.3, 0.4) is 0 Å². The van der Waals surface area contributed by atoms with E-state index < -0.39 is 0 Å². The number of rotatable bonds is 3. The van der Waals surface area contributed by atoms with Crippen molar-refractivity contribution in [1.82, 2.24) is 0 Å². The maximum atomic E-state index is 2.51. The standard InChI is InChI=1S/C36H38.2ClH.Zr/c1-35(2,3)23-15-17-29-25-11-7-9-13-27(25)31(33(29)21-23)19-20-32-28-14-10-8-12-26(28)30-18-16-24(22-34(30)32)36(4,5)6;;;/h7-18,21-22,31-32H,19-20H2,1-6H3;2*1H;/q;;;+2/p-2. The Morgan fingerprint density at radius 3 is 1.15 bits per heavy atom. The van der Waals surface area contributed by atoms with Crippen LogP contribution >= 0.6 is 0 Å². The summed E-state index contributed by atoms with van der Waals surface area (Å²) in [6.07, 6.45) is 2.32. The summed E-state index contributed by atoms with van der Waals surface area (Å²) in [5, 5.41) is 0. The summed E-state index contributed by atoms with van der Waals surface area (Å²) in [4.78, 5) is 0. The molecule has 0 amide bonds. The van der Waals surface area contributed by atoms with E-state index in [1.165, 1.54) is 55.6 Å². The van der Waals surface area contributed by atoms with Crippen molar-refractivity contribution < 1.29 is 51.0 Å². The molecule has 4 aromatic carbocycles. The Morgan fingerprint density at radius 2 is 0.795 bits per heavy atom. The fraction of sp³-hybridized carbons (Fsp3) is 0.333. The second-order valence-electron chi connectivity index (χ2n) is 13.0. The number of fused-ring (bicyclic) bond motifs is 6. The molecule has 0 N–H and O–H groups in total. The van der Waals surface area contributed by atoms with Gasteiger partial charge in [0.05, 0.1) is 0 Å². The van der Waals surface area contributed by atoms with Gasteiger partial charge in [-0.15, -0.1) is 0 Å². The maximum Gasteiger partial charge on any atom is 2.00 e. The van der Waals surface area contributed by atoms with Crippen LogP contribution < -0.4 is 24.8 Å². The van der Waals surface area contributed by atoms with E-state index in [1.807, 2.05) is 0 Å². The number of hydrogen-bond donors (Lipinski definition) is 0. The fourth-order valence-corrected chi connectivity index (χ4v) is 6.51. The zero-order valence-corrected chi connectivity index (χ0v) is 27.9. The summed E-state index contributed by atoms with van der Waals surface area (Å²) < 4.78 is 0. The molecule has 0 fully saturated rings. The Hall–Kier alpha value is -1.66. The van der Waals surface area contributed by atoms with E-state index in [9.17, 15) is 0 Å². The molecule has 2 aliphatic carbocycles. The van der Waals surface area contributed by atoms with E-state index in [2.05, 4.69) is 126 Å². The molecule has 0 nitrogen and oxygen atoms in total. The zero-order valence-electron chi connectivity index (χ0n) is 23.9. The summed E-state index contributed by atoms with van der Waals surface area (Å²) in [5.41, 5.74) is 15.0. The van der Waals surface area contributed by atoms with Gasteiger partial charge >= 0.3 is 26.2 Å². The van der Waals surface area contributed by atoms with Crippen molar-refractivity contribution >= 4 is 0 Å². The van der Waals surface area contributed by atoms with E-state index in [0.29, 0.717) is 11.8 Å². The molecule has 2 atom stereocenters. The third-order valence-electron chi connectivity index (χ3n) is 8.58. The minimum absolute atomic E-state index is 0. The summed E-state index contributed by atoms with van der Waals surface area (Å²) >= 11 is 0. The first kappa shape index (κ1) is 31.9. The van der Waals surface area contributed by atoms with Crippen LogP contribution in [0.2, 0.25) is 0 Å². The van der Waals surface area contributed by atoms with Crippen LogP contribution in [0, 0.1) is 0 Å². The molecule has 2 unspecified atom stereocenters. The Morgan fingerprint density at radius 1 is 0.462 bits per heavy atom. The smallest absolute Gasteiger partial charge is 1.00 e. The molecule has 0 heterocycles. The molecule has 200 valence electrons. The van der Waals surface area contributed by atoms with E-state index in [-0.39, 0.29) is 61.8 Å². The largest absolute Gasteiger partial charge is 2.00 e. The molecular weight excluding hydrogens is 595 g/mol. The Labute approximate surface area is 267 Å². The van der Waals surface area contributed by atoms with Gasteiger partial charge in [-0.1, -0.05) is 126 Å². The maximum absolute atomic E-state index is 2.51. The summed E-state index contributed by atoms with van der Waals surface area (Å²) in [5.74, 6) is 0.918. The Balaban J connectivity index is 0.00000140. The van der Waals surface area contributed by atoms with E-state index >= 15 is 0 Å². The molecule has 0 spiro atoms. The van der Waals surface area contributed by atoms with Crippen molar-refractivity contribution in [2.45, 2.75) is 77.0 Å². The van der Waals surface area contributed by atoms with Gasteiger partial charge in [-0.3, -0.25) is 0 Å². The fourth-order valence-electron chi connectivity index (χ4n) is 6.51. The van der Waals surface area contributed by atoms with Gasteiger partial charge < -0.3 is 24.8 Å². The zero-order chi connectivity index (χ0) is 25.2. The third-order valence-corrected chi connectivity index (χ3v) is 8.58. The Bertz CT molecular complexity index is 1360. The first-order chi connectivity index (χ1) is 17.1. The number of benzene rings is 4. The van der Waals surface area contributed by atoms with Crippen molar-refractivity contribution in [2.24, 2.45) is 0 Å². The van der Waals surface area contributed by atoms with Crippen LogP contribution in [0.5, 0.6) is 0 Å². The topological polar surface area (TPSA) is 0 Å². The summed E-state index contributed by atoms with van der Waals surface area (Å²) in [7, 11) is 0. The molecule has 3 heteroatoms. The second kappa shape index (κ2) is 11.7. The summed E-state index contributed by atoms with van der Waals surface area (Å²) in [6.45, 7) is 13.9. The normalized spacial score (nSPS) is 16.6. The van der Waals surface area contributed by atoms with Crippen molar-refractivity contribution in [1.29, 1.82) is 0 Å². The minimum atomic E-state index is 0. The summed E-state index contributed by atoms with van der Waals surface area (Å²) in [6, 6.07) is 32.7. The quantitative estimate of drug-likeness (QED) is 0.321. The van der Waals surface area contributed by atoms with Gasteiger partial charge in [0.25, 0.3) is 0 Å². The molecule has 4 aromatic rings. The van der Waals surface area contributed by atoms with Crippen LogP contribution in [0.15, 0.2) is 84.9 Å². The molecule has 0 saturated carbocycles. The molecule has 0 saturated heterocycles. The predicted molar refractivity (Wildman–Crippen MR) is 154 cm³/mol. The van der Waals surface area contributed by atoms with Crippen LogP contribution in [-0.2, 0) is 37.0 Å². The minimum Gasteiger partial charge on any atom is -1.00 e. The second-order valence-corrected chi connectivity index (χ2v) is 13.0. The van der Waals surface area contributed by atoms with Crippen LogP contribution in [0.1, 0.15) is 99.6 Å². The monoisotopic (exact) mass is 630 g/mol. The number of hydrogen-bond acceptors (Lipinski definition) is 0. The van der Waals surface area contributed by atoms with E-state index in [4.69, 9.17) is 0 Å². The molecule has 39 heavy (non-hydrogen) atoms. The first-order valence-electron chi connectivity index (χ1n) is 13.6. The molecule has 0 aromatic heterocycles. The van der Waals surface area contributed by atoms with Gasteiger partial charge in [0.2, 0.25) is 0 Å². The predicted octanol–water partition coefficient (Wildman–Crippen LogP) is 3.99. The third kappa shape index (κ3) is 5.62. The average molecular weight is 633 g/mol. The molecule has 6 rings (SSSR count). The van der Waals surface area contributed by atoms with Crippen molar-refractivity contribution in [3.05, 3.63) is 118 Å². The van der Waals surface area contributed by atoms with Crippen LogP contribution in [-0.4, -0.2) is 0 Å². The first-order valence-corrected chi connectivity index (χ1v) is 13.6. The molecule has 0 radical (unpaired) electrons. The van der Waals surface area contributed by atoms with E-state index in [1.54, 1.807) is 0 Å². The van der Waals surface area contributed by atoms with E-state index in [0.717, 1.165) is 12.8 Å². The van der Waals surface area contributed by atoms with Crippen LogP contribution in [0.4, 0.5) is 0 Å². The van der Waals surface area contributed by atoms with Gasteiger partial charge in [-0.2, -0.15) is 0 Å². The molecule has 0 bridgehead atoms. The SMILES string of the molecule is CC(C)(C)c1ccc2c(c1)C(CCC1c3ccccc3-c3ccc(C(C)(C)C)cc31)c1ccccc1-2.[Cl-].[Cl-].[Zr+2]. The van der Waals surface area contributed by atoms with Crippen molar-refractivity contribution in [3.63, 3.8) is 0 Å². The van der Waals surface area contributed by atoms with Gasteiger partial charge in [0, 0.05) is 11.8 Å². The van der Waals surface area contributed by atoms with Gasteiger partial charge in [0.15, 0.2) is 0 Å². The van der Waals surface area contributed by atoms with Crippen molar-refractivity contribution in [2.75, 3.05) is 0 Å². The molecular formula is C36H38Cl2Zr. The van der Waals surface area contributed by atoms with Crippen molar-refractivity contribution in [3.8, 4) is 22.3 Å². The van der Waals surface area contributed by atoms with Gasteiger partial charge in [-0.05, 0) is 79.3 Å². The molecule has 2 aliphatic rings. The average Bonchev–Trinajstić information content (AvgIpc) is 3.33. The van der Waals surface area contributed by atoms with Gasteiger partial charge in [-0.25, -0.2) is 0 Å². The van der Waals surface area contributed by atoms with Crippen LogP contribution in [0.25, 0.3) is 22.3 Å².